The first-order chi connectivity index (χ1) is 18.3. The van der Waals surface area contributed by atoms with E-state index in [4.69, 9.17) is 0 Å². The SMILES string of the molecule is Cc1ccc(NC(=O)c2cccc(C(C)(C)C#N)c2)cc1-n1cnc2cc(-c3cncnc3)ccc2c1=O. The fraction of sp³-hybridized carbons (Fsp3) is 0.133. The van der Waals surface area contributed by atoms with Crippen LogP contribution in [0.2, 0.25) is 0 Å². The Balaban J connectivity index is 1.47. The van der Waals surface area contributed by atoms with Crippen LogP contribution in [0, 0.1) is 18.3 Å². The van der Waals surface area contributed by atoms with Gasteiger partial charge in [0.25, 0.3) is 11.5 Å². The van der Waals surface area contributed by atoms with E-state index in [1.807, 2.05) is 45.0 Å². The number of benzene rings is 3. The van der Waals surface area contributed by atoms with E-state index in [0.29, 0.717) is 27.8 Å². The Kier molecular flexibility index (Phi) is 6.27. The van der Waals surface area contributed by atoms with Crippen molar-refractivity contribution in [1.29, 1.82) is 5.26 Å². The van der Waals surface area contributed by atoms with Gasteiger partial charge in [-0.1, -0.05) is 24.3 Å². The molecule has 2 aromatic heterocycles. The average molecular weight is 501 g/mol. The van der Waals surface area contributed by atoms with Gasteiger partial charge in [-0.2, -0.15) is 5.26 Å². The van der Waals surface area contributed by atoms with Gasteiger partial charge >= 0.3 is 0 Å². The molecule has 0 saturated carbocycles. The first-order valence-corrected chi connectivity index (χ1v) is 12.0. The summed E-state index contributed by atoms with van der Waals surface area (Å²) >= 11 is 0. The Hall–Kier alpha value is -5.16. The lowest BCUT2D eigenvalue weighted by atomic mass is 9.85. The van der Waals surface area contributed by atoms with Gasteiger partial charge in [-0.25, -0.2) is 15.0 Å². The van der Waals surface area contributed by atoms with Crippen molar-refractivity contribution in [3.63, 3.8) is 0 Å². The predicted molar refractivity (Wildman–Crippen MR) is 146 cm³/mol. The van der Waals surface area contributed by atoms with Crippen molar-refractivity contribution >= 4 is 22.5 Å². The molecule has 186 valence electrons. The van der Waals surface area contributed by atoms with Gasteiger partial charge in [0, 0.05) is 29.2 Å². The third-order valence-corrected chi connectivity index (χ3v) is 6.51. The molecule has 2 heterocycles. The van der Waals surface area contributed by atoms with E-state index in [0.717, 1.165) is 22.3 Å². The molecule has 0 radical (unpaired) electrons. The molecule has 5 aromatic rings. The number of amides is 1. The number of hydrogen-bond donors (Lipinski definition) is 1. The van der Waals surface area contributed by atoms with Gasteiger partial charge < -0.3 is 5.32 Å². The van der Waals surface area contributed by atoms with Gasteiger partial charge in [-0.05, 0) is 73.9 Å². The first kappa shape index (κ1) is 24.5. The fourth-order valence-electron chi connectivity index (χ4n) is 4.18. The zero-order valence-corrected chi connectivity index (χ0v) is 21.1. The van der Waals surface area contributed by atoms with Gasteiger partial charge in [-0.3, -0.25) is 14.2 Å². The summed E-state index contributed by atoms with van der Waals surface area (Å²) < 4.78 is 1.48. The van der Waals surface area contributed by atoms with Crippen LogP contribution >= 0.6 is 0 Å². The van der Waals surface area contributed by atoms with E-state index >= 15 is 0 Å². The Morgan fingerprint density at radius 2 is 1.79 bits per heavy atom. The van der Waals surface area contributed by atoms with Crippen LogP contribution in [0.3, 0.4) is 0 Å². The van der Waals surface area contributed by atoms with Gasteiger partial charge in [-0.15, -0.1) is 0 Å². The molecule has 0 spiro atoms. The van der Waals surface area contributed by atoms with Crippen molar-refractivity contribution in [2.24, 2.45) is 0 Å². The van der Waals surface area contributed by atoms with E-state index in [2.05, 4.69) is 26.3 Å². The maximum absolute atomic E-state index is 13.4. The standard InChI is InChI=1S/C30H24N6O2/c1-19-7-9-24(35-28(37)21-5-4-6-23(11-21)30(2,3)16-31)13-27(19)36-18-34-26-12-20(8-10-25(26)29(36)38)22-14-32-17-33-15-22/h4-15,17-18H,1-3H3,(H,35,37). The van der Waals surface area contributed by atoms with Crippen LogP contribution in [0.15, 0.2) is 90.5 Å². The lowest BCUT2D eigenvalue weighted by Crippen LogP contribution is -2.20. The summed E-state index contributed by atoms with van der Waals surface area (Å²) in [4.78, 5) is 39.1. The Bertz CT molecular complexity index is 1790. The number of nitrogens with one attached hydrogen (secondary N) is 1. The minimum atomic E-state index is -0.715. The topological polar surface area (TPSA) is 114 Å². The third kappa shape index (κ3) is 4.65. The number of rotatable bonds is 5. The zero-order valence-electron chi connectivity index (χ0n) is 21.1. The van der Waals surface area contributed by atoms with Crippen molar-refractivity contribution in [1.82, 2.24) is 19.5 Å². The van der Waals surface area contributed by atoms with Gasteiger partial charge in [0.1, 0.15) is 12.7 Å². The zero-order chi connectivity index (χ0) is 26.9. The van der Waals surface area contributed by atoms with E-state index in [-0.39, 0.29) is 11.5 Å². The highest BCUT2D eigenvalue weighted by Gasteiger charge is 2.21. The van der Waals surface area contributed by atoms with Gasteiger partial charge in [0.15, 0.2) is 0 Å². The van der Waals surface area contributed by atoms with Crippen LogP contribution in [0.1, 0.15) is 35.3 Å². The van der Waals surface area contributed by atoms with E-state index in [1.165, 1.54) is 17.2 Å². The molecular formula is C30H24N6O2. The highest BCUT2D eigenvalue weighted by atomic mass is 16.1. The van der Waals surface area contributed by atoms with Crippen molar-refractivity contribution < 1.29 is 4.79 Å². The van der Waals surface area contributed by atoms with Crippen LogP contribution in [0.4, 0.5) is 5.69 Å². The summed E-state index contributed by atoms with van der Waals surface area (Å²) in [5.41, 5.74) is 4.53. The van der Waals surface area contributed by atoms with Gasteiger partial charge in [0.05, 0.1) is 28.1 Å². The Labute approximate surface area is 219 Å². The largest absolute Gasteiger partial charge is 0.322 e. The van der Waals surface area contributed by atoms with Crippen LogP contribution < -0.4 is 10.9 Å². The molecule has 0 aliphatic heterocycles. The molecule has 0 unspecified atom stereocenters. The molecule has 5 rings (SSSR count). The van der Waals surface area contributed by atoms with Gasteiger partial charge in [0.2, 0.25) is 0 Å². The van der Waals surface area contributed by atoms with Crippen molar-refractivity contribution in [2.75, 3.05) is 5.32 Å². The lowest BCUT2D eigenvalue weighted by molar-refractivity contribution is 0.102. The molecule has 0 atom stereocenters. The number of aromatic nitrogens is 4. The molecule has 1 amide bonds. The second kappa shape index (κ2) is 9.71. The highest BCUT2D eigenvalue weighted by molar-refractivity contribution is 6.04. The number of hydrogen-bond acceptors (Lipinski definition) is 6. The van der Waals surface area contributed by atoms with Crippen molar-refractivity contribution in [3.05, 3.63) is 113 Å². The molecule has 38 heavy (non-hydrogen) atoms. The third-order valence-electron chi connectivity index (χ3n) is 6.51. The second-order valence-corrected chi connectivity index (χ2v) is 9.55. The van der Waals surface area contributed by atoms with E-state index in [1.54, 1.807) is 48.8 Å². The maximum Gasteiger partial charge on any atom is 0.265 e. The molecule has 8 heteroatoms. The number of nitrogens with zero attached hydrogens (tertiary/aromatic N) is 5. The van der Waals surface area contributed by atoms with E-state index < -0.39 is 5.41 Å². The highest BCUT2D eigenvalue weighted by Crippen LogP contribution is 2.25. The first-order valence-electron chi connectivity index (χ1n) is 12.0. The monoisotopic (exact) mass is 500 g/mol. The van der Waals surface area contributed by atoms with Crippen molar-refractivity contribution in [3.8, 4) is 22.9 Å². The normalized spacial score (nSPS) is 11.2. The Morgan fingerprint density at radius 3 is 2.55 bits per heavy atom. The Morgan fingerprint density at radius 1 is 1.00 bits per heavy atom. The number of fused-ring (bicyclic) bond motifs is 1. The smallest absolute Gasteiger partial charge is 0.265 e. The molecule has 3 aromatic carbocycles. The van der Waals surface area contributed by atoms with Crippen LogP contribution in [-0.2, 0) is 5.41 Å². The molecule has 0 saturated heterocycles. The minimum absolute atomic E-state index is 0.219. The number of carbonyl (C=O) groups excluding carboxylic acids is 1. The maximum atomic E-state index is 13.4. The lowest BCUT2D eigenvalue weighted by Gasteiger charge is -2.17. The second-order valence-electron chi connectivity index (χ2n) is 9.55. The van der Waals surface area contributed by atoms with Crippen LogP contribution in [-0.4, -0.2) is 25.4 Å². The van der Waals surface area contributed by atoms with Crippen LogP contribution in [0.25, 0.3) is 27.7 Å². The quantitative estimate of drug-likeness (QED) is 0.355. The fourth-order valence-corrected chi connectivity index (χ4v) is 4.18. The number of carbonyl (C=O) groups is 1. The summed E-state index contributed by atoms with van der Waals surface area (Å²) in [6, 6.07) is 20.1. The summed E-state index contributed by atoms with van der Waals surface area (Å²) in [5, 5.41) is 12.8. The molecule has 0 aliphatic rings. The molecule has 1 N–H and O–H groups in total. The van der Waals surface area contributed by atoms with Crippen molar-refractivity contribution in [2.45, 2.75) is 26.2 Å². The average Bonchev–Trinajstić information content (AvgIpc) is 2.95. The summed E-state index contributed by atoms with van der Waals surface area (Å²) in [6.45, 7) is 5.51. The molecule has 0 fully saturated rings. The van der Waals surface area contributed by atoms with E-state index in [9.17, 15) is 14.9 Å². The minimum Gasteiger partial charge on any atom is -0.322 e. The van der Waals surface area contributed by atoms with Crippen LogP contribution in [0.5, 0.6) is 0 Å². The summed E-state index contributed by atoms with van der Waals surface area (Å²) in [6.07, 6.45) is 6.38. The summed E-state index contributed by atoms with van der Waals surface area (Å²) in [5.74, 6) is -0.309. The number of anilines is 1. The molecule has 8 nitrogen and oxygen atoms in total. The summed E-state index contributed by atoms with van der Waals surface area (Å²) in [7, 11) is 0. The predicted octanol–water partition coefficient (Wildman–Crippen LogP) is 5.20. The number of aryl methyl sites for hydroxylation is 1. The molecule has 0 aliphatic carbocycles. The molecular weight excluding hydrogens is 476 g/mol. The number of nitriles is 1. The molecule has 0 bridgehead atoms.